The van der Waals surface area contributed by atoms with Crippen molar-refractivity contribution >= 4 is 39.3 Å². The topological polar surface area (TPSA) is 96.0 Å². The van der Waals surface area contributed by atoms with Crippen LogP contribution in [0.3, 0.4) is 0 Å². The molecule has 1 atom stereocenters. The largest absolute Gasteiger partial charge is 0.494 e. The van der Waals surface area contributed by atoms with Crippen LogP contribution in [0.5, 0.6) is 5.75 Å². The molecule has 0 heterocycles. The van der Waals surface area contributed by atoms with Crippen LogP contribution < -0.4 is 14.4 Å². The summed E-state index contributed by atoms with van der Waals surface area (Å²) < 4.78 is 34.7. The molecule has 0 spiro atoms. The monoisotopic (exact) mass is 611 g/mol. The number of nitrogens with zero attached hydrogens (tertiary/aromatic N) is 2. The Morgan fingerprint density at radius 1 is 0.952 bits per heavy atom. The van der Waals surface area contributed by atoms with E-state index in [0.717, 1.165) is 14.8 Å². The Bertz CT molecular complexity index is 1420. The van der Waals surface area contributed by atoms with Crippen LogP contribution in [0.25, 0.3) is 0 Å². The standard InChI is InChI=1S/C32H41N3O5S2/c1-7-40-27-15-13-26(14-16-27)35(42(38,39)29-19-17-28(41-6)18-20-29)23-30(36)34(22-21-25-11-9-8-10-12-25)24(2)31(37)33-32(3,4)5/h8-20,24H,7,21-23H2,1-6H3,(H,33,37)/t24-/m1/s1. The van der Waals surface area contributed by atoms with Gasteiger partial charge in [0.15, 0.2) is 0 Å². The number of carbonyl (C=O) groups is 2. The van der Waals surface area contributed by atoms with Gasteiger partial charge in [-0.15, -0.1) is 11.8 Å². The van der Waals surface area contributed by atoms with E-state index >= 15 is 0 Å². The molecular formula is C32H41N3O5S2. The normalized spacial score (nSPS) is 12.3. The first-order chi connectivity index (χ1) is 19.9. The highest BCUT2D eigenvalue weighted by atomic mass is 32.2. The van der Waals surface area contributed by atoms with Crippen LogP contribution in [0.1, 0.15) is 40.2 Å². The molecule has 0 aliphatic rings. The number of hydrogen-bond donors (Lipinski definition) is 1. The predicted molar refractivity (Wildman–Crippen MR) is 170 cm³/mol. The van der Waals surface area contributed by atoms with Gasteiger partial charge >= 0.3 is 0 Å². The second kappa shape index (κ2) is 14.6. The van der Waals surface area contributed by atoms with Gasteiger partial charge in [-0.2, -0.15) is 0 Å². The van der Waals surface area contributed by atoms with Crippen LogP contribution in [-0.2, 0) is 26.0 Å². The molecule has 0 aromatic heterocycles. The molecule has 3 aromatic carbocycles. The van der Waals surface area contributed by atoms with Crippen molar-refractivity contribution in [1.29, 1.82) is 0 Å². The third-order valence-corrected chi connectivity index (χ3v) is 9.04. The zero-order valence-electron chi connectivity index (χ0n) is 25.2. The molecule has 0 fully saturated rings. The number of ether oxygens (including phenoxy) is 1. The smallest absolute Gasteiger partial charge is 0.264 e. The molecule has 10 heteroatoms. The number of sulfonamides is 1. The van der Waals surface area contributed by atoms with E-state index in [1.54, 1.807) is 55.5 Å². The number of anilines is 1. The summed E-state index contributed by atoms with van der Waals surface area (Å²) in [4.78, 5) is 29.7. The molecule has 0 unspecified atom stereocenters. The maximum absolute atomic E-state index is 14.0. The number of rotatable bonds is 13. The van der Waals surface area contributed by atoms with Crippen LogP contribution in [0.2, 0.25) is 0 Å². The summed E-state index contributed by atoms with van der Waals surface area (Å²) >= 11 is 1.51. The van der Waals surface area contributed by atoms with E-state index in [-0.39, 0.29) is 17.3 Å². The first kappa shape index (κ1) is 33.0. The van der Waals surface area contributed by atoms with Gasteiger partial charge in [0.2, 0.25) is 11.8 Å². The van der Waals surface area contributed by atoms with Crippen molar-refractivity contribution < 1.29 is 22.7 Å². The summed E-state index contributed by atoms with van der Waals surface area (Å²) in [5.74, 6) is -0.209. The van der Waals surface area contributed by atoms with Crippen LogP contribution in [0.15, 0.2) is 88.7 Å². The van der Waals surface area contributed by atoms with Gasteiger partial charge in [0.05, 0.1) is 17.2 Å². The Morgan fingerprint density at radius 2 is 1.57 bits per heavy atom. The molecule has 3 aromatic rings. The highest BCUT2D eigenvalue weighted by molar-refractivity contribution is 7.98. The Labute approximate surface area is 254 Å². The quantitative estimate of drug-likeness (QED) is 0.261. The lowest BCUT2D eigenvalue weighted by Crippen LogP contribution is -2.55. The fraction of sp³-hybridized carbons (Fsp3) is 0.375. The van der Waals surface area contributed by atoms with E-state index in [9.17, 15) is 18.0 Å². The van der Waals surface area contributed by atoms with E-state index in [1.165, 1.54) is 16.7 Å². The summed E-state index contributed by atoms with van der Waals surface area (Å²) in [6.45, 7) is 9.36. The van der Waals surface area contributed by atoms with Gasteiger partial charge in [-0.3, -0.25) is 13.9 Å². The molecule has 0 saturated carbocycles. The highest BCUT2D eigenvalue weighted by Gasteiger charge is 2.33. The molecular weight excluding hydrogens is 571 g/mol. The second-order valence-corrected chi connectivity index (χ2v) is 13.6. The molecule has 0 aliphatic heterocycles. The van der Waals surface area contributed by atoms with Gasteiger partial charge in [-0.25, -0.2) is 8.42 Å². The van der Waals surface area contributed by atoms with Gasteiger partial charge in [0.25, 0.3) is 10.0 Å². The van der Waals surface area contributed by atoms with E-state index in [0.29, 0.717) is 24.5 Å². The maximum Gasteiger partial charge on any atom is 0.264 e. The molecule has 0 radical (unpaired) electrons. The lowest BCUT2D eigenvalue weighted by atomic mass is 10.1. The van der Waals surface area contributed by atoms with E-state index in [1.807, 2.05) is 64.3 Å². The zero-order chi connectivity index (χ0) is 30.9. The molecule has 0 aliphatic carbocycles. The molecule has 226 valence electrons. The third-order valence-electron chi connectivity index (χ3n) is 6.51. The Kier molecular flexibility index (Phi) is 11.5. The van der Waals surface area contributed by atoms with Gasteiger partial charge in [0.1, 0.15) is 18.3 Å². The average Bonchev–Trinajstić information content (AvgIpc) is 2.96. The molecule has 8 nitrogen and oxygen atoms in total. The second-order valence-electron chi connectivity index (χ2n) is 10.9. The summed E-state index contributed by atoms with van der Waals surface area (Å²) in [7, 11) is -4.14. The lowest BCUT2D eigenvalue weighted by Gasteiger charge is -2.33. The fourth-order valence-corrected chi connectivity index (χ4v) is 6.15. The van der Waals surface area contributed by atoms with Crippen molar-refractivity contribution in [1.82, 2.24) is 10.2 Å². The van der Waals surface area contributed by atoms with Gasteiger partial charge in [0, 0.05) is 17.0 Å². The van der Waals surface area contributed by atoms with Gasteiger partial charge in [-0.05, 0) is 101 Å². The number of nitrogens with one attached hydrogen (secondary N) is 1. The maximum atomic E-state index is 14.0. The molecule has 1 N–H and O–H groups in total. The number of carbonyl (C=O) groups excluding carboxylic acids is 2. The van der Waals surface area contributed by atoms with Crippen LogP contribution in [0, 0.1) is 0 Å². The minimum atomic E-state index is -4.14. The van der Waals surface area contributed by atoms with Crippen molar-refractivity contribution in [2.75, 3.05) is 30.3 Å². The highest BCUT2D eigenvalue weighted by Crippen LogP contribution is 2.27. The van der Waals surface area contributed by atoms with Crippen LogP contribution in [0.4, 0.5) is 5.69 Å². The van der Waals surface area contributed by atoms with Crippen molar-refractivity contribution in [3.8, 4) is 5.75 Å². The minimum absolute atomic E-state index is 0.0661. The number of hydrogen-bond acceptors (Lipinski definition) is 6. The Morgan fingerprint density at radius 3 is 2.12 bits per heavy atom. The predicted octanol–water partition coefficient (Wildman–Crippen LogP) is 5.38. The van der Waals surface area contributed by atoms with E-state index in [2.05, 4.69) is 5.32 Å². The molecule has 0 saturated heterocycles. The number of benzene rings is 3. The zero-order valence-corrected chi connectivity index (χ0v) is 26.8. The van der Waals surface area contributed by atoms with Crippen LogP contribution >= 0.6 is 11.8 Å². The van der Waals surface area contributed by atoms with Gasteiger partial charge < -0.3 is 15.0 Å². The Hall–Kier alpha value is -3.50. The lowest BCUT2D eigenvalue weighted by molar-refractivity contribution is -0.139. The molecule has 0 bridgehead atoms. The molecule has 2 amide bonds. The summed E-state index contributed by atoms with van der Waals surface area (Å²) in [6, 6.07) is 22.0. The van der Waals surface area contributed by atoms with Crippen molar-refractivity contribution in [2.24, 2.45) is 0 Å². The van der Waals surface area contributed by atoms with Crippen molar-refractivity contribution in [2.45, 2.75) is 62.4 Å². The van der Waals surface area contributed by atoms with Crippen LogP contribution in [-0.4, -0.2) is 62.7 Å². The van der Waals surface area contributed by atoms with E-state index in [4.69, 9.17) is 4.74 Å². The first-order valence-corrected chi connectivity index (χ1v) is 16.6. The van der Waals surface area contributed by atoms with Gasteiger partial charge in [-0.1, -0.05) is 30.3 Å². The minimum Gasteiger partial charge on any atom is -0.494 e. The van der Waals surface area contributed by atoms with Crippen molar-refractivity contribution in [3.63, 3.8) is 0 Å². The SMILES string of the molecule is CCOc1ccc(N(CC(=O)N(CCc2ccccc2)[C@H](C)C(=O)NC(C)(C)C)S(=O)(=O)c2ccc(SC)cc2)cc1. The average molecular weight is 612 g/mol. The summed E-state index contributed by atoms with van der Waals surface area (Å²) in [6.07, 6.45) is 2.42. The Balaban J connectivity index is 2.00. The molecule has 3 rings (SSSR count). The summed E-state index contributed by atoms with van der Waals surface area (Å²) in [5.41, 5.74) is 0.819. The number of amides is 2. The summed E-state index contributed by atoms with van der Waals surface area (Å²) in [5, 5.41) is 2.94. The third kappa shape index (κ3) is 9.00. The number of thioether (sulfide) groups is 1. The van der Waals surface area contributed by atoms with Crippen molar-refractivity contribution in [3.05, 3.63) is 84.4 Å². The fourth-order valence-electron chi connectivity index (χ4n) is 4.32. The van der Waals surface area contributed by atoms with E-state index < -0.39 is 34.1 Å². The first-order valence-electron chi connectivity index (χ1n) is 13.9. The molecule has 42 heavy (non-hydrogen) atoms.